The van der Waals surface area contributed by atoms with Crippen LogP contribution in [-0.4, -0.2) is 31.3 Å². The van der Waals surface area contributed by atoms with Gasteiger partial charge in [-0.3, -0.25) is 9.78 Å². The van der Waals surface area contributed by atoms with Crippen molar-refractivity contribution in [3.8, 4) is 11.5 Å². The van der Waals surface area contributed by atoms with Crippen molar-refractivity contribution < 1.29 is 35.5 Å². The molecule has 0 bridgehead atoms. The molecule has 0 unspecified atom stereocenters. The summed E-state index contributed by atoms with van der Waals surface area (Å²) >= 11 is 0. The number of allylic oxidation sites excluding steroid dienone is 4. The van der Waals surface area contributed by atoms with Crippen LogP contribution in [-0.2, 0) is 16.2 Å². The number of aryl methyl sites for hydroxylation is 1. The van der Waals surface area contributed by atoms with Crippen LogP contribution in [0.3, 0.4) is 0 Å². The molecule has 1 heterocycles. The number of nitrogens with one attached hydrogen (secondary N) is 1. The van der Waals surface area contributed by atoms with Crippen LogP contribution in [0, 0.1) is 12.7 Å². The summed E-state index contributed by atoms with van der Waals surface area (Å²) in [6, 6.07) is 3.99. The number of carbonyl (C=O) groups excluding carboxylic acids is 1. The molecule has 0 aliphatic heterocycles. The molecule has 7 nitrogen and oxygen atoms in total. The Morgan fingerprint density at radius 2 is 1.94 bits per heavy atom. The summed E-state index contributed by atoms with van der Waals surface area (Å²) in [4.78, 5) is 16.1. The van der Waals surface area contributed by atoms with Crippen LogP contribution in [0.1, 0.15) is 28.0 Å². The summed E-state index contributed by atoms with van der Waals surface area (Å²) in [5, 5.41) is 2.49. The summed E-state index contributed by atoms with van der Waals surface area (Å²) in [7, 11) is -3.66. The van der Waals surface area contributed by atoms with Crippen LogP contribution in [0.2, 0.25) is 0 Å². The number of rotatable bonds is 5. The van der Waals surface area contributed by atoms with Crippen LogP contribution in [0.15, 0.2) is 58.8 Å². The van der Waals surface area contributed by atoms with Gasteiger partial charge in [0.15, 0.2) is 0 Å². The third-order valence-electron chi connectivity index (χ3n) is 4.27. The number of carbonyl (C=O) groups is 1. The van der Waals surface area contributed by atoms with Gasteiger partial charge < -0.3 is 10.1 Å². The van der Waals surface area contributed by atoms with Gasteiger partial charge in [-0.15, -0.1) is 0 Å². The number of ether oxygens (including phenoxy) is 1. The van der Waals surface area contributed by atoms with Gasteiger partial charge in [-0.05, 0) is 42.8 Å². The second-order valence-electron chi connectivity index (χ2n) is 7.07. The number of nitrogens with zero attached hydrogens (tertiary/aromatic N) is 2. The lowest BCUT2D eigenvalue weighted by Gasteiger charge is -2.16. The molecule has 0 saturated carbocycles. The first-order valence-corrected chi connectivity index (χ1v) is 11.2. The maximum Gasteiger partial charge on any atom is 0.433 e. The van der Waals surface area contributed by atoms with E-state index < -0.39 is 39.4 Å². The van der Waals surface area contributed by atoms with Gasteiger partial charge in [0.05, 0.1) is 12.0 Å². The van der Waals surface area contributed by atoms with Gasteiger partial charge in [-0.1, -0.05) is 6.08 Å². The quantitative estimate of drug-likeness (QED) is 0.639. The van der Waals surface area contributed by atoms with Gasteiger partial charge in [0.25, 0.3) is 5.91 Å². The number of aromatic nitrogens is 1. The predicted octanol–water partition coefficient (Wildman–Crippen LogP) is 4.31. The molecule has 3 rings (SSSR count). The molecule has 12 heteroatoms. The van der Waals surface area contributed by atoms with E-state index in [0.717, 1.165) is 24.6 Å². The molecule has 1 aliphatic rings. The third kappa shape index (κ3) is 6.48. The monoisotopic (exact) mass is 483 g/mol. The highest BCUT2D eigenvalue weighted by Gasteiger charge is 2.34. The number of pyridine rings is 1. The predicted molar refractivity (Wildman–Crippen MR) is 112 cm³/mol. The van der Waals surface area contributed by atoms with E-state index in [1.165, 1.54) is 31.2 Å². The second-order valence-corrected chi connectivity index (χ2v) is 8.72. The first-order chi connectivity index (χ1) is 15.3. The molecule has 1 aromatic heterocycles. The average molecular weight is 483 g/mol. The molecule has 2 aromatic rings. The van der Waals surface area contributed by atoms with Gasteiger partial charge in [0.2, 0.25) is 10.0 Å². The van der Waals surface area contributed by atoms with Gasteiger partial charge in [-0.2, -0.15) is 17.6 Å². The first kappa shape index (κ1) is 24.1. The van der Waals surface area contributed by atoms with E-state index in [2.05, 4.69) is 14.7 Å². The van der Waals surface area contributed by atoms with E-state index in [1.54, 1.807) is 0 Å². The normalized spacial score (nSPS) is 15.3. The van der Waals surface area contributed by atoms with E-state index >= 15 is 0 Å². The van der Waals surface area contributed by atoms with Gasteiger partial charge >= 0.3 is 6.18 Å². The van der Waals surface area contributed by atoms with Crippen LogP contribution in [0.4, 0.5) is 17.6 Å². The number of hydrogen-bond acceptors (Lipinski definition) is 5. The number of alkyl halides is 3. The summed E-state index contributed by atoms with van der Waals surface area (Å²) in [5.41, 5.74) is -0.874. The Kier molecular flexibility index (Phi) is 6.68. The third-order valence-corrected chi connectivity index (χ3v) is 4.84. The van der Waals surface area contributed by atoms with E-state index in [4.69, 9.17) is 4.74 Å². The Morgan fingerprint density at radius 1 is 1.21 bits per heavy atom. The number of sulfonamides is 1. The molecule has 1 aromatic carbocycles. The summed E-state index contributed by atoms with van der Waals surface area (Å²) in [6.45, 7) is 1.49. The highest BCUT2D eigenvalue weighted by Crippen LogP contribution is 2.34. The Labute approximate surface area is 186 Å². The van der Waals surface area contributed by atoms with Gasteiger partial charge in [-0.25, -0.2) is 12.8 Å². The van der Waals surface area contributed by atoms with E-state index in [-0.39, 0.29) is 29.1 Å². The molecular formula is C21H17F4N3O4S. The zero-order valence-corrected chi connectivity index (χ0v) is 18.1. The summed E-state index contributed by atoms with van der Waals surface area (Å²) < 4.78 is 84.7. The van der Waals surface area contributed by atoms with Crippen molar-refractivity contribution in [3.05, 3.63) is 77.0 Å². The minimum absolute atomic E-state index is 0.0311. The van der Waals surface area contributed by atoms with Crippen molar-refractivity contribution in [2.75, 3.05) is 6.26 Å². The van der Waals surface area contributed by atoms with Crippen molar-refractivity contribution in [1.82, 2.24) is 10.3 Å². The summed E-state index contributed by atoms with van der Waals surface area (Å²) in [6.07, 6.45) is 1.21. The smallest absolute Gasteiger partial charge is 0.433 e. The molecule has 0 atom stereocenters. The second kappa shape index (κ2) is 9.14. The lowest BCUT2D eigenvalue weighted by Crippen LogP contribution is -2.26. The lowest BCUT2D eigenvalue weighted by molar-refractivity contribution is -0.141. The fourth-order valence-electron chi connectivity index (χ4n) is 2.86. The Balaban J connectivity index is 1.93. The molecular weight excluding hydrogens is 466 g/mol. The van der Waals surface area contributed by atoms with Crippen molar-refractivity contribution >= 4 is 21.6 Å². The van der Waals surface area contributed by atoms with Crippen molar-refractivity contribution in [3.63, 3.8) is 0 Å². The minimum Gasteiger partial charge on any atom is -0.456 e. The topological polar surface area (TPSA) is 97.7 Å². The lowest BCUT2D eigenvalue weighted by atomic mass is 10.1. The zero-order valence-electron chi connectivity index (χ0n) is 17.3. The van der Waals surface area contributed by atoms with Crippen LogP contribution >= 0.6 is 0 Å². The van der Waals surface area contributed by atoms with Crippen molar-refractivity contribution in [2.45, 2.75) is 19.5 Å². The molecule has 0 saturated heterocycles. The molecule has 33 heavy (non-hydrogen) atoms. The first-order valence-electron chi connectivity index (χ1n) is 9.30. The fraction of sp³-hybridized carbons (Fsp3) is 0.190. The Hall–Kier alpha value is -3.54. The molecule has 0 radical (unpaired) electrons. The molecule has 0 spiro atoms. The Bertz CT molecular complexity index is 1300. The van der Waals surface area contributed by atoms with E-state index in [0.29, 0.717) is 11.6 Å². The average Bonchev–Trinajstić information content (AvgIpc) is 2.68. The Morgan fingerprint density at radius 3 is 2.58 bits per heavy atom. The molecule has 174 valence electrons. The number of halogens is 4. The maximum atomic E-state index is 13.4. The highest BCUT2D eigenvalue weighted by atomic mass is 32.2. The molecule has 0 fully saturated rings. The fourth-order valence-corrected chi connectivity index (χ4v) is 3.41. The SMILES string of the molecule is Cc1cc(F)ccc1Oc1cc(C(F)(F)F)ncc1C(=O)NC1=CC=CC(=NS(C)(=O)=O)C1. The maximum absolute atomic E-state index is 13.4. The molecule has 1 amide bonds. The van der Waals surface area contributed by atoms with Crippen LogP contribution in [0.25, 0.3) is 0 Å². The van der Waals surface area contributed by atoms with E-state index in [1.807, 2.05) is 0 Å². The van der Waals surface area contributed by atoms with E-state index in [9.17, 15) is 30.8 Å². The van der Waals surface area contributed by atoms with Gasteiger partial charge in [0.1, 0.15) is 28.6 Å². The van der Waals surface area contributed by atoms with Crippen molar-refractivity contribution in [2.24, 2.45) is 4.40 Å². The van der Waals surface area contributed by atoms with Crippen molar-refractivity contribution in [1.29, 1.82) is 0 Å². The van der Waals surface area contributed by atoms with Gasteiger partial charge in [0, 0.05) is 24.4 Å². The number of benzene rings is 1. The van der Waals surface area contributed by atoms with Crippen LogP contribution in [0.5, 0.6) is 11.5 Å². The minimum atomic E-state index is -4.79. The molecule has 1 N–H and O–H groups in total. The highest BCUT2D eigenvalue weighted by molar-refractivity contribution is 7.89. The molecule has 1 aliphatic carbocycles. The summed E-state index contributed by atoms with van der Waals surface area (Å²) in [5.74, 6) is -1.80. The van der Waals surface area contributed by atoms with Crippen LogP contribution < -0.4 is 10.1 Å². The zero-order chi connectivity index (χ0) is 24.4. The number of hydrogen-bond donors (Lipinski definition) is 1. The largest absolute Gasteiger partial charge is 0.456 e. The number of amides is 1. The standard InChI is InChI=1S/C21H17F4N3O4S/c1-12-8-13(22)6-7-17(12)32-18-10-19(21(23,24)25)26-11-16(18)20(29)27-14-4-3-5-15(9-14)28-33(2,30)31/h3-8,10-11H,9H2,1-2H3,(H,27,29).